The molecule has 0 aliphatic heterocycles. The Bertz CT molecular complexity index is 1270. The quantitative estimate of drug-likeness (QED) is 0.364. The van der Waals surface area contributed by atoms with Crippen molar-refractivity contribution in [1.82, 2.24) is 10.6 Å². The van der Waals surface area contributed by atoms with Gasteiger partial charge in [0.1, 0.15) is 5.58 Å². The highest BCUT2D eigenvalue weighted by Crippen LogP contribution is 2.47. The van der Waals surface area contributed by atoms with Gasteiger partial charge in [-0.15, -0.1) is 0 Å². The fourth-order valence-electron chi connectivity index (χ4n) is 4.83. The SMILES string of the molecule is CNc1c(Cl)cc2cc(C(=O)NCc3ccc(OC)c(F)c3F)oc2c1C1(NC=O)CCCCC1. The van der Waals surface area contributed by atoms with Crippen molar-refractivity contribution in [2.45, 2.75) is 44.2 Å². The molecule has 1 fully saturated rings. The Morgan fingerprint density at radius 3 is 2.60 bits per heavy atom. The van der Waals surface area contributed by atoms with Gasteiger partial charge in [-0.1, -0.05) is 36.9 Å². The van der Waals surface area contributed by atoms with Gasteiger partial charge in [0, 0.05) is 30.1 Å². The summed E-state index contributed by atoms with van der Waals surface area (Å²) in [4.78, 5) is 24.4. The van der Waals surface area contributed by atoms with Gasteiger partial charge in [-0.2, -0.15) is 4.39 Å². The van der Waals surface area contributed by atoms with Crippen molar-refractivity contribution < 1.29 is 27.5 Å². The Labute approximate surface area is 206 Å². The van der Waals surface area contributed by atoms with E-state index in [9.17, 15) is 18.4 Å². The highest BCUT2D eigenvalue weighted by atomic mass is 35.5. The number of fused-ring (bicyclic) bond motifs is 1. The average molecular weight is 506 g/mol. The first-order valence-corrected chi connectivity index (χ1v) is 11.7. The van der Waals surface area contributed by atoms with Crippen LogP contribution in [0, 0.1) is 11.6 Å². The van der Waals surface area contributed by atoms with Gasteiger partial charge in [-0.3, -0.25) is 9.59 Å². The molecule has 10 heteroatoms. The molecule has 2 amide bonds. The average Bonchev–Trinajstić information content (AvgIpc) is 3.28. The number of furan rings is 1. The number of amides is 2. The van der Waals surface area contributed by atoms with Crippen molar-refractivity contribution in [2.75, 3.05) is 19.5 Å². The second-order valence-electron chi connectivity index (χ2n) is 8.53. The van der Waals surface area contributed by atoms with Gasteiger partial charge in [0.15, 0.2) is 17.3 Å². The maximum atomic E-state index is 14.3. The Balaban J connectivity index is 1.70. The summed E-state index contributed by atoms with van der Waals surface area (Å²) in [5.41, 5.74) is 1.01. The van der Waals surface area contributed by atoms with E-state index in [0.717, 1.165) is 19.3 Å². The molecule has 0 atom stereocenters. The van der Waals surface area contributed by atoms with E-state index in [1.54, 1.807) is 19.2 Å². The summed E-state index contributed by atoms with van der Waals surface area (Å²) in [6, 6.07) is 5.85. The van der Waals surface area contributed by atoms with E-state index in [0.29, 0.717) is 46.5 Å². The van der Waals surface area contributed by atoms with E-state index in [2.05, 4.69) is 16.0 Å². The standard InChI is InChI=1S/C25H26ClF2N3O4/c1-29-22-16(26)10-15-11-18(24(33)30-12-14-6-7-17(34-2)21(28)20(14)27)35-23(15)19(22)25(31-13-32)8-4-3-5-9-25/h6-7,10-11,13,29H,3-5,8-9,12H2,1-2H3,(H,30,33)(H,31,32). The third-order valence-corrected chi connectivity index (χ3v) is 6.84. The van der Waals surface area contributed by atoms with Crippen LogP contribution in [0.3, 0.4) is 0 Å². The highest BCUT2D eigenvalue weighted by molar-refractivity contribution is 6.34. The number of benzene rings is 2. The molecular weight excluding hydrogens is 480 g/mol. The molecular formula is C25H26ClF2N3O4. The van der Waals surface area contributed by atoms with E-state index < -0.39 is 23.1 Å². The molecule has 0 radical (unpaired) electrons. The molecule has 1 saturated carbocycles. The molecule has 7 nitrogen and oxygen atoms in total. The number of carbonyl (C=O) groups excluding carboxylic acids is 2. The molecule has 0 spiro atoms. The van der Waals surface area contributed by atoms with Crippen LogP contribution < -0.4 is 20.7 Å². The van der Waals surface area contributed by atoms with Crippen molar-refractivity contribution in [3.63, 3.8) is 0 Å². The number of carbonyl (C=O) groups is 2. The van der Waals surface area contributed by atoms with Crippen LogP contribution in [0.15, 0.2) is 28.7 Å². The molecule has 4 rings (SSSR count). The van der Waals surface area contributed by atoms with Gasteiger partial charge in [0.2, 0.25) is 12.2 Å². The largest absolute Gasteiger partial charge is 0.494 e. The van der Waals surface area contributed by atoms with Gasteiger partial charge in [0.05, 0.1) is 23.4 Å². The summed E-state index contributed by atoms with van der Waals surface area (Å²) in [7, 11) is 2.97. The highest BCUT2D eigenvalue weighted by Gasteiger charge is 2.39. The second-order valence-corrected chi connectivity index (χ2v) is 8.94. The van der Waals surface area contributed by atoms with Crippen molar-refractivity contribution in [3.8, 4) is 5.75 Å². The molecule has 1 aliphatic carbocycles. The third kappa shape index (κ3) is 4.52. The lowest BCUT2D eigenvalue weighted by Gasteiger charge is -2.38. The van der Waals surface area contributed by atoms with Crippen LogP contribution in [-0.4, -0.2) is 26.5 Å². The summed E-state index contributed by atoms with van der Waals surface area (Å²) in [5.74, 6) is -3.06. The third-order valence-electron chi connectivity index (χ3n) is 6.54. The van der Waals surface area contributed by atoms with Crippen molar-refractivity contribution in [1.29, 1.82) is 0 Å². The molecule has 0 unspecified atom stereocenters. The Morgan fingerprint density at radius 2 is 1.94 bits per heavy atom. The lowest BCUT2D eigenvalue weighted by atomic mass is 9.75. The molecule has 35 heavy (non-hydrogen) atoms. The molecule has 1 heterocycles. The predicted octanol–water partition coefficient (Wildman–Crippen LogP) is 5.25. The minimum absolute atomic E-state index is 0.0166. The number of rotatable bonds is 8. The summed E-state index contributed by atoms with van der Waals surface area (Å²) < 4.78 is 39.1. The first-order valence-electron chi connectivity index (χ1n) is 11.3. The smallest absolute Gasteiger partial charge is 0.287 e. The van der Waals surface area contributed by atoms with Crippen LogP contribution in [-0.2, 0) is 16.9 Å². The van der Waals surface area contributed by atoms with Crippen molar-refractivity contribution in [3.05, 3.63) is 57.8 Å². The molecule has 3 aromatic rings. The first kappa shape index (κ1) is 24.8. The lowest BCUT2D eigenvalue weighted by molar-refractivity contribution is -0.111. The van der Waals surface area contributed by atoms with Crippen LogP contribution in [0.4, 0.5) is 14.5 Å². The number of hydrogen-bond donors (Lipinski definition) is 3. The van der Waals surface area contributed by atoms with Crippen LogP contribution in [0.5, 0.6) is 5.75 Å². The van der Waals surface area contributed by atoms with Crippen LogP contribution in [0.2, 0.25) is 5.02 Å². The monoisotopic (exact) mass is 505 g/mol. The zero-order valence-corrected chi connectivity index (χ0v) is 20.2. The number of methoxy groups -OCH3 is 1. The van der Waals surface area contributed by atoms with E-state index in [1.165, 1.54) is 19.2 Å². The zero-order chi connectivity index (χ0) is 25.2. The van der Waals surface area contributed by atoms with Gasteiger partial charge < -0.3 is 25.1 Å². The number of nitrogens with one attached hydrogen (secondary N) is 3. The predicted molar refractivity (Wildman–Crippen MR) is 129 cm³/mol. The summed E-state index contributed by atoms with van der Waals surface area (Å²) in [6.45, 7) is -0.255. The summed E-state index contributed by atoms with van der Waals surface area (Å²) in [5, 5.41) is 9.67. The molecule has 2 aromatic carbocycles. The van der Waals surface area contributed by atoms with Gasteiger partial charge in [-0.25, -0.2) is 4.39 Å². The molecule has 1 aromatic heterocycles. The minimum Gasteiger partial charge on any atom is -0.494 e. The molecule has 0 saturated heterocycles. The van der Waals surface area contributed by atoms with Crippen LogP contribution in [0.1, 0.15) is 53.8 Å². The van der Waals surface area contributed by atoms with E-state index >= 15 is 0 Å². The summed E-state index contributed by atoms with van der Waals surface area (Å²) >= 11 is 6.57. The Hall–Kier alpha value is -3.33. The minimum atomic E-state index is -1.12. The summed E-state index contributed by atoms with van der Waals surface area (Å²) in [6.07, 6.45) is 4.94. The Kier molecular flexibility index (Phi) is 7.16. The fourth-order valence-corrected chi connectivity index (χ4v) is 5.13. The van der Waals surface area contributed by atoms with Crippen LogP contribution in [0.25, 0.3) is 11.0 Å². The number of anilines is 1. The van der Waals surface area contributed by atoms with Gasteiger partial charge in [0.25, 0.3) is 5.91 Å². The van der Waals surface area contributed by atoms with Gasteiger partial charge >= 0.3 is 0 Å². The number of halogens is 3. The van der Waals surface area contributed by atoms with Crippen molar-refractivity contribution >= 4 is 40.6 Å². The fraction of sp³-hybridized carbons (Fsp3) is 0.360. The number of ether oxygens (including phenoxy) is 1. The van der Waals surface area contributed by atoms with E-state index in [1.807, 2.05) is 0 Å². The first-order chi connectivity index (χ1) is 16.8. The lowest BCUT2D eigenvalue weighted by Crippen LogP contribution is -2.43. The van der Waals surface area contributed by atoms with Gasteiger partial charge in [-0.05, 0) is 31.0 Å². The molecule has 0 bridgehead atoms. The van der Waals surface area contributed by atoms with Crippen molar-refractivity contribution in [2.24, 2.45) is 0 Å². The molecule has 1 aliphatic rings. The Morgan fingerprint density at radius 1 is 1.20 bits per heavy atom. The number of hydrogen-bond acceptors (Lipinski definition) is 5. The van der Waals surface area contributed by atoms with E-state index in [-0.39, 0.29) is 23.6 Å². The maximum absolute atomic E-state index is 14.3. The van der Waals surface area contributed by atoms with Crippen LogP contribution >= 0.6 is 11.6 Å². The second kappa shape index (κ2) is 10.1. The maximum Gasteiger partial charge on any atom is 0.287 e. The molecule has 3 N–H and O–H groups in total. The van der Waals surface area contributed by atoms with E-state index in [4.69, 9.17) is 20.8 Å². The zero-order valence-electron chi connectivity index (χ0n) is 19.4. The topological polar surface area (TPSA) is 92.6 Å². The normalized spacial score (nSPS) is 15.0. The molecule has 186 valence electrons.